The van der Waals surface area contributed by atoms with Gasteiger partial charge in [-0.05, 0) is 43.0 Å². The van der Waals surface area contributed by atoms with Crippen LogP contribution in [0.25, 0.3) is 0 Å². The van der Waals surface area contributed by atoms with Crippen molar-refractivity contribution < 1.29 is 18.7 Å². The van der Waals surface area contributed by atoms with Gasteiger partial charge in [0.2, 0.25) is 11.8 Å². The minimum Gasteiger partial charge on any atom is -0.369 e. The normalized spacial score (nSPS) is 21.9. The second kappa shape index (κ2) is 10.3. The predicted octanol–water partition coefficient (Wildman–Crippen LogP) is 2.18. The second-order valence-corrected chi connectivity index (χ2v) is 7.13. The first kappa shape index (κ1) is 22.0. The minimum atomic E-state index is -0.468. The van der Waals surface area contributed by atoms with Crippen LogP contribution in [0.1, 0.15) is 45.6 Å². The number of benzene rings is 1. The fourth-order valence-electron chi connectivity index (χ4n) is 3.31. The second-order valence-electron chi connectivity index (χ2n) is 7.13. The Hall–Kier alpha value is -2.25. The maximum atomic E-state index is 13.0. The number of hydrogen-bond donors (Lipinski definition) is 3. The lowest BCUT2D eigenvalue weighted by molar-refractivity contribution is -0.121. The Bertz CT molecular complexity index is 701. The molecular formula is C21H30FN3O3. The van der Waals surface area contributed by atoms with Gasteiger partial charge in [-0.3, -0.25) is 9.59 Å². The first-order valence-electron chi connectivity index (χ1n) is 9.75. The van der Waals surface area contributed by atoms with E-state index in [1.807, 2.05) is 13.8 Å². The number of nitrogens with one attached hydrogen (secondary N) is 2. The number of hydrogen-bond acceptors (Lipinski definition) is 4. The van der Waals surface area contributed by atoms with Crippen LogP contribution in [0.2, 0.25) is 0 Å². The summed E-state index contributed by atoms with van der Waals surface area (Å²) < 4.78 is 19.1. The molecule has 0 unspecified atom stereocenters. The summed E-state index contributed by atoms with van der Waals surface area (Å²) in [6, 6.07) is 5.15. The van der Waals surface area contributed by atoms with Crippen molar-refractivity contribution in [1.82, 2.24) is 10.6 Å². The van der Waals surface area contributed by atoms with Crippen molar-refractivity contribution >= 4 is 11.8 Å². The summed E-state index contributed by atoms with van der Waals surface area (Å²) in [6.07, 6.45) is 3.31. The van der Waals surface area contributed by atoms with Crippen LogP contribution in [0.15, 0.2) is 35.9 Å². The first-order valence-corrected chi connectivity index (χ1v) is 9.75. The molecule has 28 heavy (non-hydrogen) atoms. The Morgan fingerprint density at radius 3 is 2.46 bits per heavy atom. The number of ether oxygens (including phenoxy) is 1. The van der Waals surface area contributed by atoms with E-state index in [1.165, 1.54) is 19.1 Å². The van der Waals surface area contributed by atoms with E-state index in [9.17, 15) is 14.0 Å². The molecule has 0 spiro atoms. The molecule has 0 bridgehead atoms. The van der Waals surface area contributed by atoms with Gasteiger partial charge in [-0.15, -0.1) is 0 Å². The topological polar surface area (TPSA) is 93.4 Å². The molecule has 4 N–H and O–H groups in total. The molecule has 3 atom stereocenters. The number of nitrogens with two attached hydrogens (primary N) is 1. The third-order valence-electron chi connectivity index (χ3n) is 4.92. The van der Waals surface area contributed by atoms with Crippen LogP contribution in [0, 0.1) is 5.82 Å². The van der Waals surface area contributed by atoms with Crippen LogP contribution in [-0.2, 0) is 20.9 Å². The van der Waals surface area contributed by atoms with Gasteiger partial charge >= 0.3 is 0 Å². The molecule has 154 valence electrons. The molecule has 0 saturated heterocycles. The minimum absolute atomic E-state index is 0.0198. The molecule has 0 radical (unpaired) electrons. The lowest BCUT2D eigenvalue weighted by Crippen LogP contribution is -2.57. The van der Waals surface area contributed by atoms with Crippen LogP contribution in [0.5, 0.6) is 0 Å². The zero-order chi connectivity index (χ0) is 20.7. The highest BCUT2D eigenvalue weighted by Crippen LogP contribution is 2.23. The molecule has 1 aliphatic carbocycles. The lowest BCUT2D eigenvalue weighted by Gasteiger charge is -2.36. The van der Waals surface area contributed by atoms with E-state index >= 15 is 0 Å². The number of rotatable bonds is 8. The quantitative estimate of drug-likeness (QED) is 0.633. The Morgan fingerprint density at radius 1 is 1.25 bits per heavy atom. The molecule has 0 aromatic heterocycles. The van der Waals surface area contributed by atoms with Crippen molar-refractivity contribution in [3.8, 4) is 0 Å². The highest BCUT2D eigenvalue weighted by atomic mass is 19.1. The highest BCUT2D eigenvalue weighted by Gasteiger charge is 2.35. The number of amides is 2. The van der Waals surface area contributed by atoms with E-state index < -0.39 is 12.1 Å². The molecular weight excluding hydrogens is 361 g/mol. The predicted molar refractivity (Wildman–Crippen MR) is 106 cm³/mol. The standard InChI is InChI=1S/C21H30FN3O3/c1-4-17(5-2)28-19-11-15(10-18(23)20(19)25-13(3)26)21(27)24-12-14-6-8-16(22)9-7-14/h6-9,11,17-20H,4-5,10,12,23H2,1-3H3,(H,24,27)(H,25,26)/t18-,19+,20+/m0/s1. The highest BCUT2D eigenvalue weighted by molar-refractivity contribution is 5.93. The molecule has 2 rings (SSSR count). The zero-order valence-corrected chi connectivity index (χ0v) is 16.7. The van der Waals surface area contributed by atoms with Gasteiger partial charge < -0.3 is 21.1 Å². The summed E-state index contributed by atoms with van der Waals surface area (Å²) in [7, 11) is 0. The van der Waals surface area contributed by atoms with Gasteiger partial charge in [-0.25, -0.2) is 4.39 Å². The summed E-state index contributed by atoms with van der Waals surface area (Å²) in [5, 5.41) is 5.70. The summed E-state index contributed by atoms with van der Waals surface area (Å²) in [5.74, 6) is -0.739. The zero-order valence-electron chi connectivity index (χ0n) is 16.7. The van der Waals surface area contributed by atoms with Crippen molar-refractivity contribution in [1.29, 1.82) is 0 Å². The molecule has 1 aromatic carbocycles. The van der Waals surface area contributed by atoms with Crippen LogP contribution in [0.3, 0.4) is 0 Å². The summed E-state index contributed by atoms with van der Waals surface area (Å²) in [6.45, 7) is 5.79. The van der Waals surface area contributed by atoms with Gasteiger partial charge in [-0.1, -0.05) is 26.0 Å². The average Bonchev–Trinajstić information content (AvgIpc) is 2.67. The molecule has 7 heteroatoms. The first-order chi connectivity index (χ1) is 13.3. The average molecular weight is 391 g/mol. The van der Waals surface area contributed by atoms with Crippen LogP contribution in [0.4, 0.5) is 4.39 Å². The van der Waals surface area contributed by atoms with Crippen LogP contribution in [-0.4, -0.2) is 36.1 Å². The van der Waals surface area contributed by atoms with Gasteiger partial charge in [-0.2, -0.15) is 0 Å². The molecule has 6 nitrogen and oxygen atoms in total. The maximum absolute atomic E-state index is 13.0. The number of carbonyl (C=O) groups is 2. The molecule has 0 saturated carbocycles. The summed E-state index contributed by atoms with van der Waals surface area (Å²) >= 11 is 0. The number of halogens is 1. The van der Waals surface area contributed by atoms with Crippen molar-refractivity contribution in [2.24, 2.45) is 5.73 Å². The van der Waals surface area contributed by atoms with Crippen molar-refractivity contribution in [3.63, 3.8) is 0 Å². The summed E-state index contributed by atoms with van der Waals surface area (Å²) in [4.78, 5) is 24.2. The van der Waals surface area contributed by atoms with E-state index in [1.54, 1.807) is 18.2 Å². The van der Waals surface area contributed by atoms with Gasteiger partial charge in [0.05, 0.1) is 18.2 Å². The molecule has 1 aromatic rings. The van der Waals surface area contributed by atoms with Gasteiger partial charge in [0.1, 0.15) is 5.82 Å². The lowest BCUT2D eigenvalue weighted by atomic mass is 9.87. The fraction of sp³-hybridized carbons (Fsp3) is 0.524. The van der Waals surface area contributed by atoms with Crippen molar-refractivity contribution in [3.05, 3.63) is 47.3 Å². The van der Waals surface area contributed by atoms with Crippen LogP contribution < -0.4 is 16.4 Å². The SMILES string of the molecule is CCC(CC)O[C@@H]1C=C(C(=O)NCc2ccc(F)cc2)C[C@H](N)[C@H]1NC(C)=O. The van der Waals surface area contributed by atoms with Crippen molar-refractivity contribution in [2.75, 3.05) is 0 Å². The van der Waals surface area contributed by atoms with Gasteiger partial charge in [0.25, 0.3) is 0 Å². The van der Waals surface area contributed by atoms with E-state index in [4.69, 9.17) is 10.5 Å². The maximum Gasteiger partial charge on any atom is 0.247 e. The third kappa shape index (κ3) is 6.14. The molecule has 2 amide bonds. The fourth-order valence-corrected chi connectivity index (χ4v) is 3.31. The van der Waals surface area contributed by atoms with E-state index in [0.717, 1.165) is 18.4 Å². The smallest absolute Gasteiger partial charge is 0.247 e. The molecule has 1 aliphatic rings. The Kier molecular flexibility index (Phi) is 8.14. The van der Waals surface area contributed by atoms with Gasteiger partial charge in [0, 0.05) is 25.1 Å². The molecule has 0 heterocycles. The third-order valence-corrected chi connectivity index (χ3v) is 4.92. The van der Waals surface area contributed by atoms with Crippen LogP contribution >= 0.6 is 0 Å². The van der Waals surface area contributed by atoms with E-state index in [0.29, 0.717) is 18.5 Å². The Balaban J connectivity index is 2.12. The molecule has 0 aliphatic heterocycles. The monoisotopic (exact) mass is 391 g/mol. The molecule has 0 fully saturated rings. The summed E-state index contributed by atoms with van der Waals surface area (Å²) in [5.41, 5.74) is 7.61. The van der Waals surface area contributed by atoms with E-state index in [-0.39, 0.29) is 29.8 Å². The van der Waals surface area contributed by atoms with Crippen molar-refractivity contribution in [2.45, 2.75) is 70.9 Å². The Labute approximate surface area is 165 Å². The van der Waals surface area contributed by atoms with E-state index in [2.05, 4.69) is 10.6 Å². The largest absolute Gasteiger partial charge is 0.369 e. The number of carbonyl (C=O) groups excluding carboxylic acids is 2. The van der Waals surface area contributed by atoms with Gasteiger partial charge in [0.15, 0.2) is 0 Å². The Morgan fingerprint density at radius 2 is 1.89 bits per heavy atom.